The molecule has 2 rings (SSSR count). The summed E-state index contributed by atoms with van der Waals surface area (Å²) < 4.78 is 32.6. The van der Waals surface area contributed by atoms with E-state index in [-0.39, 0.29) is 16.2 Å². The Morgan fingerprint density at radius 3 is 2.61 bits per heavy atom. The van der Waals surface area contributed by atoms with Gasteiger partial charge < -0.3 is 14.9 Å². The molecule has 1 unspecified atom stereocenters. The van der Waals surface area contributed by atoms with Gasteiger partial charge >= 0.3 is 5.97 Å². The zero-order chi connectivity index (χ0) is 20.9. The van der Waals surface area contributed by atoms with Gasteiger partial charge in [0.1, 0.15) is 11.3 Å². The van der Waals surface area contributed by atoms with Gasteiger partial charge in [0.05, 0.1) is 29.5 Å². The third-order valence-electron chi connectivity index (χ3n) is 4.12. The summed E-state index contributed by atoms with van der Waals surface area (Å²) in [7, 11) is -2.91. The number of aromatic nitrogens is 1. The topological polar surface area (TPSA) is 126 Å². The van der Waals surface area contributed by atoms with Crippen molar-refractivity contribution in [1.29, 1.82) is 0 Å². The van der Waals surface area contributed by atoms with Gasteiger partial charge in [0.15, 0.2) is 0 Å². The molecule has 3 N–H and O–H groups in total. The molecule has 0 bridgehead atoms. The number of nitrogens with one attached hydrogen (secondary N) is 1. The molecule has 0 aliphatic heterocycles. The van der Waals surface area contributed by atoms with Crippen molar-refractivity contribution in [3.05, 3.63) is 47.3 Å². The summed E-state index contributed by atoms with van der Waals surface area (Å²) in [6.07, 6.45) is 0.971. The number of aliphatic hydroxyl groups is 1. The Kier molecular flexibility index (Phi) is 6.98. The SMILES string of the molecule is CCc1ccc(NS(=O)(=O)c2ccc(O)c(C(=O)OC)c2)c(CCC(C)O)n1. The monoisotopic (exact) mass is 408 g/mol. The third kappa shape index (κ3) is 5.20. The van der Waals surface area contributed by atoms with E-state index in [9.17, 15) is 23.4 Å². The predicted molar refractivity (Wildman–Crippen MR) is 104 cm³/mol. The highest BCUT2D eigenvalue weighted by atomic mass is 32.2. The summed E-state index contributed by atoms with van der Waals surface area (Å²) in [6, 6.07) is 6.71. The van der Waals surface area contributed by atoms with E-state index in [0.717, 1.165) is 24.9 Å². The number of aryl methyl sites for hydroxylation is 2. The second-order valence-corrected chi connectivity index (χ2v) is 8.00. The maximum Gasteiger partial charge on any atom is 0.341 e. The molecule has 1 aromatic heterocycles. The van der Waals surface area contributed by atoms with Gasteiger partial charge in [-0.25, -0.2) is 13.2 Å². The van der Waals surface area contributed by atoms with Crippen LogP contribution < -0.4 is 4.72 Å². The van der Waals surface area contributed by atoms with Crippen molar-refractivity contribution in [3.8, 4) is 5.75 Å². The highest BCUT2D eigenvalue weighted by Crippen LogP contribution is 2.25. The molecule has 0 saturated carbocycles. The van der Waals surface area contributed by atoms with E-state index in [1.807, 2.05) is 6.92 Å². The van der Waals surface area contributed by atoms with Crippen molar-refractivity contribution < 1.29 is 28.2 Å². The Labute approximate surface area is 164 Å². The molecule has 0 radical (unpaired) electrons. The number of ether oxygens (including phenoxy) is 1. The minimum Gasteiger partial charge on any atom is -0.507 e. The van der Waals surface area contributed by atoms with Crippen LogP contribution in [0.4, 0.5) is 5.69 Å². The van der Waals surface area contributed by atoms with Crippen molar-refractivity contribution >= 4 is 21.7 Å². The number of esters is 1. The summed E-state index contributed by atoms with van der Waals surface area (Å²) >= 11 is 0. The lowest BCUT2D eigenvalue weighted by Crippen LogP contribution is -2.16. The van der Waals surface area contributed by atoms with Crippen LogP contribution in [0.25, 0.3) is 0 Å². The van der Waals surface area contributed by atoms with E-state index in [1.54, 1.807) is 19.1 Å². The van der Waals surface area contributed by atoms with Crippen molar-refractivity contribution in [2.45, 2.75) is 44.1 Å². The molecule has 1 atom stereocenters. The van der Waals surface area contributed by atoms with Gasteiger partial charge in [-0.2, -0.15) is 0 Å². The predicted octanol–water partition coefficient (Wildman–Crippen LogP) is 2.25. The van der Waals surface area contributed by atoms with Crippen LogP contribution in [-0.4, -0.2) is 42.8 Å². The second-order valence-electron chi connectivity index (χ2n) is 6.31. The van der Waals surface area contributed by atoms with E-state index in [1.165, 1.54) is 6.07 Å². The summed E-state index contributed by atoms with van der Waals surface area (Å²) in [6.45, 7) is 3.59. The summed E-state index contributed by atoms with van der Waals surface area (Å²) in [5, 5.41) is 19.3. The minimum atomic E-state index is -4.05. The number of nitrogens with zero attached hydrogens (tertiary/aromatic N) is 1. The Morgan fingerprint density at radius 2 is 2.00 bits per heavy atom. The van der Waals surface area contributed by atoms with Crippen LogP contribution in [0.3, 0.4) is 0 Å². The summed E-state index contributed by atoms with van der Waals surface area (Å²) in [4.78, 5) is 16.0. The maximum atomic E-state index is 12.8. The summed E-state index contributed by atoms with van der Waals surface area (Å²) in [5.41, 5.74) is 1.38. The van der Waals surface area contributed by atoms with Gasteiger partial charge in [0, 0.05) is 5.69 Å². The number of carbonyl (C=O) groups is 1. The molecule has 8 nitrogen and oxygen atoms in total. The van der Waals surface area contributed by atoms with Gasteiger partial charge in [-0.05, 0) is 56.5 Å². The van der Waals surface area contributed by atoms with Crippen LogP contribution in [0.1, 0.15) is 42.0 Å². The molecule has 0 aliphatic rings. The Balaban J connectivity index is 2.40. The number of methoxy groups -OCH3 is 1. The standard InChI is InChI=1S/C19H24N2O6S/c1-4-13-6-9-17(16(20-13)8-5-12(2)22)21-28(25,26)14-7-10-18(23)15(11-14)19(24)27-3/h6-7,9-12,21-23H,4-5,8H2,1-3H3. The molecule has 0 fully saturated rings. The Bertz CT molecular complexity index is 957. The number of carbonyl (C=O) groups excluding carboxylic acids is 1. The van der Waals surface area contributed by atoms with Gasteiger partial charge in [0.2, 0.25) is 0 Å². The van der Waals surface area contributed by atoms with Crippen LogP contribution in [0.5, 0.6) is 5.75 Å². The largest absolute Gasteiger partial charge is 0.507 e. The van der Waals surface area contributed by atoms with Gasteiger partial charge in [0.25, 0.3) is 10.0 Å². The number of hydrogen-bond acceptors (Lipinski definition) is 7. The van der Waals surface area contributed by atoms with Gasteiger partial charge in [-0.3, -0.25) is 9.71 Å². The lowest BCUT2D eigenvalue weighted by atomic mass is 10.1. The van der Waals surface area contributed by atoms with Crippen LogP contribution in [0.2, 0.25) is 0 Å². The number of pyridine rings is 1. The molecule has 0 saturated heterocycles. The number of benzene rings is 1. The lowest BCUT2D eigenvalue weighted by molar-refractivity contribution is 0.0597. The first-order valence-electron chi connectivity index (χ1n) is 8.79. The number of phenols is 1. The minimum absolute atomic E-state index is 0.202. The summed E-state index contributed by atoms with van der Waals surface area (Å²) in [5.74, 6) is -1.22. The average molecular weight is 408 g/mol. The van der Waals surface area contributed by atoms with E-state index in [4.69, 9.17) is 0 Å². The van der Waals surface area contributed by atoms with Crippen molar-refractivity contribution in [3.63, 3.8) is 0 Å². The first-order valence-corrected chi connectivity index (χ1v) is 10.3. The highest BCUT2D eigenvalue weighted by Gasteiger charge is 2.21. The number of sulfonamides is 1. The van der Waals surface area contributed by atoms with E-state index in [2.05, 4.69) is 14.4 Å². The number of phenolic OH excluding ortho intramolecular Hbond substituents is 1. The molecule has 1 aromatic carbocycles. The molecule has 1 heterocycles. The maximum absolute atomic E-state index is 12.8. The first-order chi connectivity index (χ1) is 13.2. The quantitative estimate of drug-likeness (QED) is 0.572. The van der Waals surface area contributed by atoms with Crippen molar-refractivity contribution in [2.24, 2.45) is 0 Å². The van der Waals surface area contributed by atoms with Crippen LogP contribution in [0, 0.1) is 0 Å². The van der Waals surface area contributed by atoms with Crippen LogP contribution >= 0.6 is 0 Å². The number of aliphatic hydroxyl groups excluding tert-OH is 1. The second kappa shape index (κ2) is 9.03. The van der Waals surface area contributed by atoms with E-state index >= 15 is 0 Å². The Hall–Kier alpha value is -2.65. The molecule has 152 valence electrons. The Morgan fingerprint density at radius 1 is 1.29 bits per heavy atom. The van der Waals surface area contributed by atoms with E-state index in [0.29, 0.717) is 30.6 Å². The molecule has 0 aliphatic carbocycles. The fraction of sp³-hybridized carbons (Fsp3) is 0.368. The molecule has 2 aromatic rings. The highest BCUT2D eigenvalue weighted by molar-refractivity contribution is 7.92. The fourth-order valence-corrected chi connectivity index (χ4v) is 3.65. The smallest absolute Gasteiger partial charge is 0.341 e. The molecule has 9 heteroatoms. The third-order valence-corrected chi connectivity index (χ3v) is 5.48. The van der Waals surface area contributed by atoms with Crippen molar-refractivity contribution in [1.82, 2.24) is 4.98 Å². The number of hydrogen-bond donors (Lipinski definition) is 3. The normalized spacial score (nSPS) is 12.4. The zero-order valence-corrected chi connectivity index (χ0v) is 16.8. The fourth-order valence-electron chi connectivity index (χ4n) is 2.53. The molecule has 0 amide bonds. The number of rotatable bonds is 8. The lowest BCUT2D eigenvalue weighted by Gasteiger charge is -2.14. The first kappa shape index (κ1) is 21.6. The van der Waals surface area contributed by atoms with Crippen molar-refractivity contribution in [2.75, 3.05) is 11.8 Å². The van der Waals surface area contributed by atoms with Gasteiger partial charge in [-0.1, -0.05) is 6.92 Å². The van der Waals surface area contributed by atoms with E-state index < -0.39 is 22.1 Å². The number of aromatic hydroxyl groups is 1. The average Bonchev–Trinajstić information content (AvgIpc) is 2.66. The van der Waals surface area contributed by atoms with Crippen LogP contribution in [-0.2, 0) is 27.6 Å². The molecular formula is C19H24N2O6S. The molecule has 28 heavy (non-hydrogen) atoms. The molecule has 0 spiro atoms. The number of anilines is 1. The van der Waals surface area contributed by atoms with Gasteiger partial charge in [-0.15, -0.1) is 0 Å². The zero-order valence-electron chi connectivity index (χ0n) is 16.0. The molecular weight excluding hydrogens is 384 g/mol. The van der Waals surface area contributed by atoms with Crippen LogP contribution in [0.15, 0.2) is 35.2 Å².